The molecule has 4 nitrogen and oxygen atoms in total. The molecule has 0 saturated heterocycles. The molecule has 0 aliphatic heterocycles. The summed E-state index contributed by atoms with van der Waals surface area (Å²) in [5, 5.41) is 8.67. The summed E-state index contributed by atoms with van der Waals surface area (Å²) in [7, 11) is 7.32. The average Bonchev–Trinajstić information content (AvgIpc) is 3.16. The van der Waals surface area contributed by atoms with Gasteiger partial charge < -0.3 is 20.1 Å². The fourth-order valence-corrected chi connectivity index (χ4v) is 4.25. The van der Waals surface area contributed by atoms with Crippen LogP contribution in [0.4, 0.5) is 11.4 Å². The van der Waals surface area contributed by atoms with E-state index >= 15 is 0 Å². The molecular formula is C27H28N2O2. The second-order valence-electron chi connectivity index (χ2n) is 7.37. The number of benzene rings is 4. The highest BCUT2D eigenvalue weighted by Gasteiger charge is 2.28. The highest BCUT2D eigenvalue weighted by Crippen LogP contribution is 2.45. The van der Waals surface area contributed by atoms with E-state index in [1.54, 1.807) is 14.2 Å². The molecule has 0 fully saturated rings. The summed E-state index contributed by atoms with van der Waals surface area (Å²) in [5.41, 5.74) is 7.34. The SMILES string of the molecule is CNc1ccc2c(c1)C(OC)c1ccccc1-2.CNc1cccc2c(OC)cccc12. The number of rotatable bonds is 4. The van der Waals surface area contributed by atoms with Crippen molar-refractivity contribution in [2.75, 3.05) is 38.9 Å². The van der Waals surface area contributed by atoms with Gasteiger partial charge in [-0.1, -0.05) is 54.6 Å². The monoisotopic (exact) mass is 412 g/mol. The van der Waals surface area contributed by atoms with Crippen LogP contribution in [0.25, 0.3) is 21.9 Å². The summed E-state index contributed by atoms with van der Waals surface area (Å²) in [6.45, 7) is 0. The fourth-order valence-electron chi connectivity index (χ4n) is 4.25. The van der Waals surface area contributed by atoms with Gasteiger partial charge in [-0.15, -0.1) is 0 Å². The number of fused-ring (bicyclic) bond motifs is 4. The molecule has 0 amide bonds. The summed E-state index contributed by atoms with van der Waals surface area (Å²) in [6.07, 6.45) is 0.0644. The minimum atomic E-state index is 0.0644. The van der Waals surface area contributed by atoms with Gasteiger partial charge in [0.25, 0.3) is 0 Å². The van der Waals surface area contributed by atoms with Gasteiger partial charge in [0.1, 0.15) is 11.9 Å². The van der Waals surface area contributed by atoms with Crippen molar-refractivity contribution in [2.45, 2.75) is 6.10 Å². The lowest BCUT2D eigenvalue weighted by molar-refractivity contribution is 0.140. The Morgan fingerprint density at radius 3 is 2.16 bits per heavy atom. The van der Waals surface area contributed by atoms with Crippen molar-refractivity contribution in [3.8, 4) is 16.9 Å². The molecule has 4 aromatic carbocycles. The highest BCUT2D eigenvalue weighted by molar-refractivity contribution is 5.97. The molecule has 0 saturated carbocycles. The van der Waals surface area contributed by atoms with Crippen LogP contribution >= 0.6 is 0 Å². The summed E-state index contributed by atoms with van der Waals surface area (Å²) in [4.78, 5) is 0. The van der Waals surface area contributed by atoms with Gasteiger partial charge in [-0.25, -0.2) is 0 Å². The summed E-state index contributed by atoms with van der Waals surface area (Å²) in [6, 6.07) is 27.1. The molecule has 4 heteroatoms. The summed E-state index contributed by atoms with van der Waals surface area (Å²) >= 11 is 0. The molecule has 1 atom stereocenters. The van der Waals surface area contributed by atoms with E-state index in [1.807, 2.05) is 32.3 Å². The first-order valence-electron chi connectivity index (χ1n) is 10.4. The van der Waals surface area contributed by atoms with Crippen molar-refractivity contribution in [3.63, 3.8) is 0 Å². The quantitative estimate of drug-likeness (QED) is 0.411. The Morgan fingerprint density at radius 1 is 0.677 bits per heavy atom. The summed E-state index contributed by atoms with van der Waals surface area (Å²) in [5.74, 6) is 0.916. The fraction of sp³-hybridized carbons (Fsp3) is 0.185. The largest absolute Gasteiger partial charge is 0.496 e. The Morgan fingerprint density at radius 2 is 1.42 bits per heavy atom. The molecule has 0 spiro atoms. The third-order valence-corrected chi connectivity index (χ3v) is 5.76. The molecule has 0 radical (unpaired) electrons. The van der Waals surface area contributed by atoms with E-state index in [-0.39, 0.29) is 6.10 Å². The van der Waals surface area contributed by atoms with Crippen LogP contribution in [0.3, 0.4) is 0 Å². The number of hydrogen-bond acceptors (Lipinski definition) is 4. The lowest BCUT2D eigenvalue weighted by Gasteiger charge is -2.12. The van der Waals surface area contributed by atoms with Gasteiger partial charge in [-0.3, -0.25) is 0 Å². The summed E-state index contributed by atoms with van der Waals surface area (Å²) < 4.78 is 10.9. The molecule has 0 bridgehead atoms. The van der Waals surface area contributed by atoms with Gasteiger partial charge in [0.15, 0.2) is 0 Å². The third-order valence-electron chi connectivity index (χ3n) is 5.76. The van der Waals surface area contributed by atoms with E-state index in [9.17, 15) is 0 Å². The Bertz CT molecular complexity index is 1160. The number of nitrogens with one attached hydrogen (secondary N) is 2. The van der Waals surface area contributed by atoms with E-state index in [1.165, 1.54) is 27.6 Å². The normalized spacial score (nSPS) is 13.6. The first-order valence-corrected chi connectivity index (χ1v) is 10.4. The third kappa shape index (κ3) is 3.82. The van der Waals surface area contributed by atoms with Crippen molar-refractivity contribution in [1.29, 1.82) is 0 Å². The standard InChI is InChI=1S/C15H15NO.C12H13NO/c1-16-10-7-8-12-11-5-3-4-6-13(11)15(17-2)14(12)9-10;1-13-11-7-3-6-10-9(11)5-4-8-12(10)14-2/h3-9,15-16H,1-2H3;3-8,13H,1-2H3. The molecule has 31 heavy (non-hydrogen) atoms. The van der Waals surface area contributed by atoms with Crippen molar-refractivity contribution < 1.29 is 9.47 Å². The second kappa shape index (κ2) is 9.11. The molecule has 158 valence electrons. The van der Waals surface area contributed by atoms with Crippen molar-refractivity contribution in [2.24, 2.45) is 0 Å². The van der Waals surface area contributed by atoms with E-state index in [4.69, 9.17) is 9.47 Å². The van der Waals surface area contributed by atoms with Crippen LogP contribution in [-0.4, -0.2) is 28.3 Å². The van der Waals surface area contributed by atoms with Crippen LogP contribution in [0.15, 0.2) is 78.9 Å². The van der Waals surface area contributed by atoms with Crippen molar-refractivity contribution in [3.05, 3.63) is 90.0 Å². The maximum atomic E-state index is 5.64. The molecule has 1 aliphatic rings. The molecule has 0 aromatic heterocycles. The lowest BCUT2D eigenvalue weighted by atomic mass is 10.1. The Balaban J connectivity index is 0.000000152. The predicted molar refractivity (Wildman–Crippen MR) is 130 cm³/mol. The van der Waals surface area contributed by atoms with E-state index < -0.39 is 0 Å². The van der Waals surface area contributed by atoms with Gasteiger partial charge in [-0.2, -0.15) is 0 Å². The van der Waals surface area contributed by atoms with Gasteiger partial charge >= 0.3 is 0 Å². The van der Waals surface area contributed by atoms with Crippen LogP contribution in [0.1, 0.15) is 17.2 Å². The average molecular weight is 413 g/mol. The van der Waals surface area contributed by atoms with E-state index in [0.29, 0.717) is 0 Å². The molecule has 0 heterocycles. The molecule has 2 N–H and O–H groups in total. The van der Waals surface area contributed by atoms with Crippen LogP contribution in [-0.2, 0) is 4.74 Å². The van der Waals surface area contributed by atoms with Gasteiger partial charge in [0.2, 0.25) is 0 Å². The lowest BCUT2D eigenvalue weighted by Crippen LogP contribution is -1.99. The zero-order valence-corrected chi connectivity index (χ0v) is 18.4. The molecule has 5 rings (SSSR count). The van der Waals surface area contributed by atoms with Gasteiger partial charge in [0.05, 0.1) is 7.11 Å². The topological polar surface area (TPSA) is 42.5 Å². The van der Waals surface area contributed by atoms with E-state index in [0.717, 1.165) is 22.5 Å². The van der Waals surface area contributed by atoms with E-state index in [2.05, 4.69) is 71.3 Å². The van der Waals surface area contributed by atoms with Crippen molar-refractivity contribution in [1.82, 2.24) is 0 Å². The smallest absolute Gasteiger partial charge is 0.126 e. The molecular weight excluding hydrogens is 384 g/mol. The van der Waals surface area contributed by atoms with Crippen LogP contribution in [0.5, 0.6) is 5.75 Å². The Labute approximate surface area is 183 Å². The minimum Gasteiger partial charge on any atom is -0.496 e. The molecule has 4 aromatic rings. The number of ether oxygens (including phenoxy) is 2. The zero-order chi connectivity index (χ0) is 21.8. The Kier molecular flexibility index (Phi) is 6.10. The molecule has 1 aliphatic carbocycles. The van der Waals surface area contributed by atoms with Crippen LogP contribution in [0.2, 0.25) is 0 Å². The maximum absolute atomic E-state index is 5.64. The van der Waals surface area contributed by atoms with Crippen molar-refractivity contribution >= 4 is 22.1 Å². The van der Waals surface area contributed by atoms with Crippen LogP contribution < -0.4 is 15.4 Å². The number of methoxy groups -OCH3 is 2. The highest BCUT2D eigenvalue weighted by atomic mass is 16.5. The predicted octanol–water partition coefficient (Wildman–Crippen LogP) is 6.33. The first-order chi connectivity index (χ1) is 15.2. The van der Waals surface area contributed by atoms with Gasteiger partial charge in [0, 0.05) is 43.4 Å². The van der Waals surface area contributed by atoms with Gasteiger partial charge in [-0.05, 0) is 46.5 Å². The number of anilines is 2. The zero-order valence-electron chi connectivity index (χ0n) is 18.4. The molecule has 1 unspecified atom stereocenters. The maximum Gasteiger partial charge on any atom is 0.126 e. The first kappa shape index (κ1) is 20.8. The minimum absolute atomic E-state index is 0.0644. The number of hydrogen-bond donors (Lipinski definition) is 2. The van der Waals surface area contributed by atoms with Crippen LogP contribution in [0, 0.1) is 0 Å². The second-order valence-corrected chi connectivity index (χ2v) is 7.37. The Hall–Kier alpha value is -3.50.